The second-order valence-electron chi connectivity index (χ2n) is 11.1. The third-order valence-corrected chi connectivity index (χ3v) is 8.99. The van der Waals surface area contributed by atoms with Gasteiger partial charge < -0.3 is 9.13 Å². The molecular weight excluding hydrogens is 536 g/mol. The Bertz CT molecular complexity index is 2550. The number of rotatable bonds is 2. The minimum atomic E-state index is 0.353. The summed E-state index contributed by atoms with van der Waals surface area (Å²) in [7, 11) is 0. The van der Waals surface area contributed by atoms with Crippen molar-refractivity contribution in [1.29, 1.82) is 10.5 Å². The van der Waals surface area contributed by atoms with Crippen molar-refractivity contribution in [1.82, 2.24) is 9.13 Å². The molecule has 0 unspecified atom stereocenters. The molecule has 0 saturated heterocycles. The first kappa shape index (κ1) is 24.3. The average Bonchev–Trinajstić information content (AvgIpc) is 3.61. The Hall–Kier alpha value is -6.36. The van der Waals surface area contributed by atoms with Crippen LogP contribution in [0.2, 0.25) is 0 Å². The van der Waals surface area contributed by atoms with E-state index in [1.165, 1.54) is 0 Å². The third kappa shape index (κ3) is 3.14. The molecule has 0 radical (unpaired) electrons. The largest absolute Gasteiger partial charge is 0.307 e. The van der Waals surface area contributed by atoms with Gasteiger partial charge in [-0.05, 0) is 35.0 Å². The molecule has 0 spiro atoms. The Labute approximate surface area is 252 Å². The number of hydrogen-bond donors (Lipinski definition) is 0. The van der Waals surface area contributed by atoms with Crippen LogP contribution >= 0.6 is 0 Å². The molecule has 0 amide bonds. The van der Waals surface area contributed by atoms with E-state index in [-0.39, 0.29) is 0 Å². The number of aromatic nitrogens is 2. The summed E-state index contributed by atoms with van der Waals surface area (Å²) in [5.74, 6) is 0. The van der Waals surface area contributed by atoms with Gasteiger partial charge in [-0.1, -0.05) is 109 Å². The van der Waals surface area contributed by atoms with Gasteiger partial charge in [0, 0.05) is 32.3 Å². The molecule has 9 aromatic rings. The fourth-order valence-electron chi connectivity index (χ4n) is 7.14. The predicted octanol–water partition coefficient (Wildman–Crippen LogP) is 9.93. The van der Waals surface area contributed by atoms with Crippen LogP contribution in [0.1, 0.15) is 11.1 Å². The van der Waals surface area contributed by atoms with Crippen LogP contribution < -0.4 is 0 Å². The van der Waals surface area contributed by atoms with E-state index in [1.54, 1.807) is 0 Å². The van der Waals surface area contributed by atoms with Gasteiger partial charge in [-0.15, -0.1) is 0 Å². The zero-order valence-electron chi connectivity index (χ0n) is 23.5. The van der Waals surface area contributed by atoms with E-state index in [9.17, 15) is 10.5 Å². The highest BCUT2D eigenvalue weighted by Crippen LogP contribution is 2.41. The molecule has 0 aliphatic carbocycles. The van der Waals surface area contributed by atoms with Gasteiger partial charge in [-0.25, -0.2) is 0 Å². The van der Waals surface area contributed by atoms with E-state index < -0.39 is 0 Å². The van der Waals surface area contributed by atoms with Crippen molar-refractivity contribution in [2.24, 2.45) is 0 Å². The van der Waals surface area contributed by atoms with Gasteiger partial charge in [0.25, 0.3) is 0 Å². The fourth-order valence-corrected chi connectivity index (χ4v) is 7.14. The maximum atomic E-state index is 10.8. The molecule has 44 heavy (non-hydrogen) atoms. The van der Waals surface area contributed by atoms with Gasteiger partial charge in [-0.2, -0.15) is 10.5 Å². The van der Waals surface area contributed by atoms with Crippen molar-refractivity contribution in [3.8, 4) is 23.5 Å². The van der Waals surface area contributed by atoms with Crippen LogP contribution in [0.5, 0.6) is 0 Å². The van der Waals surface area contributed by atoms with Crippen LogP contribution in [0, 0.1) is 22.7 Å². The number of fused-ring (bicyclic) bond motifs is 10. The van der Waals surface area contributed by atoms with Gasteiger partial charge in [0.2, 0.25) is 0 Å². The number of para-hydroxylation sites is 2. The molecule has 0 saturated carbocycles. The summed E-state index contributed by atoms with van der Waals surface area (Å²) in [5, 5.41) is 30.4. The van der Waals surface area contributed by atoms with E-state index in [0.717, 1.165) is 65.2 Å². The minimum Gasteiger partial charge on any atom is -0.307 e. The van der Waals surface area contributed by atoms with Crippen LogP contribution in [0.25, 0.3) is 76.5 Å². The maximum absolute atomic E-state index is 10.8. The Kier molecular flexibility index (Phi) is 5.00. The molecule has 0 fully saturated rings. The second-order valence-corrected chi connectivity index (χ2v) is 11.1. The Balaban J connectivity index is 1.44. The molecule has 4 nitrogen and oxygen atoms in total. The SMILES string of the molecule is N#Cc1c(-n2c3ccccc3c3ccc4ccccc4c32)ccc(-n2c3ccccc3c3ccc4ccccc4c32)c1C#N. The Morgan fingerprint density at radius 1 is 0.364 bits per heavy atom. The molecule has 0 aliphatic rings. The molecule has 0 N–H and O–H groups in total. The van der Waals surface area contributed by atoms with Crippen molar-refractivity contribution in [2.45, 2.75) is 0 Å². The first-order valence-corrected chi connectivity index (χ1v) is 14.6. The van der Waals surface area contributed by atoms with Gasteiger partial charge in [0.1, 0.15) is 12.1 Å². The quantitative estimate of drug-likeness (QED) is 0.212. The molecule has 0 bridgehead atoms. The number of nitriles is 2. The molecule has 2 heterocycles. The number of benzene rings is 7. The van der Waals surface area contributed by atoms with Crippen molar-refractivity contribution >= 4 is 65.2 Å². The molecule has 4 heteroatoms. The molecular formula is C40H22N4. The van der Waals surface area contributed by atoms with Crippen LogP contribution in [0.4, 0.5) is 0 Å². The average molecular weight is 559 g/mol. The summed E-state index contributed by atoms with van der Waals surface area (Å²) in [5.41, 5.74) is 6.14. The summed E-state index contributed by atoms with van der Waals surface area (Å²) in [6, 6.07) is 50.8. The standard InChI is InChI=1S/C40H22N4/c41-23-33-34(24-42)38(44-36-16-8-6-14-30(36)32-20-18-26-10-2-4-12-28(26)40(32)44)22-21-37(33)43-35-15-7-5-13-29(35)31-19-17-25-9-1-3-11-27(25)39(31)43/h1-22H. The van der Waals surface area contributed by atoms with Crippen LogP contribution in [-0.4, -0.2) is 9.13 Å². The van der Waals surface area contributed by atoms with Crippen molar-refractivity contribution in [2.75, 3.05) is 0 Å². The lowest BCUT2D eigenvalue weighted by Gasteiger charge is -2.17. The zero-order chi connectivity index (χ0) is 29.4. The molecule has 0 aliphatic heterocycles. The Morgan fingerprint density at radius 3 is 1.18 bits per heavy atom. The molecule has 0 atom stereocenters. The van der Waals surface area contributed by atoms with Gasteiger partial charge in [0.15, 0.2) is 0 Å². The molecule has 202 valence electrons. The monoisotopic (exact) mass is 558 g/mol. The lowest BCUT2D eigenvalue weighted by atomic mass is 10.0. The van der Waals surface area contributed by atoms with Crippen LogP contribution in [0.3, 0.4) is 0 Å². The molecule has 2 aromatic heterocycles. The highest BCUT2D eigenvalue weighted by atomic mass is 15.0. The first-order valence-electron chi connectivity index (χ1n) is 14.6. The normalized spacial score (nSPS) is 11.6. The van der Waals surface area contributed by atoms with Gasteiger partial charge in [0.05, 0.1) is 44.6 Å². The van der Waals surface area contributed by atoms with Crippen molar-refractivity contribution in [3.63, 3.8) is 0 Å². The molecule has 7 aromatic carbocycles. The summed E-state index contributed by atoms with van der Waals surface area (Å²) in [6.07, 6.45) is 0. The van der Waals surface area contributed by atoms with Gasteiger partial charge >= 0.3 is 0 Å². The van der Waals surface area contributed by atoms with E-state index in [4.69, 9.17) is 0 Å². The van der Waals surface area contributed by atoms with Crippen LogP contribution in [0.15, 0.2) is 133 Å². The second kappa shape index (κ2) is 9.07. The van der Waals surface area contributed by atoms with Crippen LogP contribution in [-0.2, 0) is 0 Å². The van der Waals surface area contributed by atoms with E-state index in [0.29, 0.717) is 22.5 Å². The number of nitrogens with zero attached hydrogens (tertiary/aromatic N) is 4. The topological polar surface area (TPSA) is 57.4 Å². The van der Waals surface area contributed by atoms with Gasteiger partial charge in [-0.3, -0.25) is 0 Å². The first-order chi connectivity index (χ1) is 21.8. The van der Waals surface area contributed by atoms with Crippen molar-refractivity contribution in [3.05, 3.63) is 145 Å². The highest BCUT2D eigenvalue weighted by molar-refractivity contribution is 6.20. The minimum absolute atomic E-state index is 0.353. The highest BCUT2D eigenvalue weighted by Gasteiger charge is 2.23. The van der Waals surface area contributed by atoms with E-state index in [1.807, 2.05) is 60.7 Å². The smallest absolute Gasteiger partial charge is 0.103 e. The third-order valence-electron chi connectivity index (χ3n) is 8.99. The summed E-state index contributed by atoms with van der Waals surface area (Å²) in [6.45, 7) is 0. The summed E-state index contributed by atoms with van der Waals surface area (Å²) in [4.78, 5) is 0. The summed E-state index contributed by atoms with van der Waals surface area (Å²) < 4.78 is 4.33. The zero-order valence-corrected chi connectivity index (χ0v) is 23.5. The van der Waals surface area contributed by atoms with E-state index >= 15 is 0 Å². The maximum Gasteiger partial charge on any atom is 0.103 e. The van der Waals surface area contributed by atoms with Crippen molar-refractivity contribution < 1.29 is 0 Å². The van der Waals surface area contributed by atoms with E-state index in [2.05, 4.69) is 94.1 Å². The fraction of sp³-hybridized carbons (Fsp3) is 0. The predicted molar refractivity (Wildman–Crippen MR) is 180 cm³/mol. The molecule has 9 rings (SSSR count). The lowest BCUT2D eigenvalue weighted by Crippen LogP contribution is -2.05. The summed E-state index contributed by atoms with van der Waals surface area (Å²) >= 11 is 0. The Morgan fingerprint density at radius 2 is 0.750 bits per heavy atom. The lowest BCUT2D eigenvalue weighted by molar-refractivity contribution is 1.13. The number of hydrogen-bond acceptors (Lipinski definition) is 2.